The number of nitrogens with zero attached hydrogens (tertiary/aromatic N) is 1. The van der Waals surface area contributed by atoms with Crippen LogP contribution in [0.4, 0.5) is 0 Å². The van der Waals surface area contributed by atoms with Crippen LogP contribution in [-0.2, 0) is 0 Å². The molecule has 112 valence electrons. The van der Waals surface area contributed by atoms with Gasteiger partial charge in [0.05, 0.1) is 0 Å². The third-order valence-corrected chi connectivity index (χ3v) is 5.48. The molecule has 1 saturated carbocycles. The highest BCUT2D eigenvalue weighted by Gasteiger charge is 2.33. The molecule has 2 aliphatic rings. The van der Waals surface area contributed by atoms with Crippen LogP contribution in [0.2, 0.25) is 0 Å². The van der Waals surface area contributed by atoms with E-state index in [0.717, 1.165) is 17.9 Å². The quantitative estimate of drug-likeness (QED) is 0.841. The van der Waals surface area contributed by atoms with E-state index in [1.54, 1.807) is 0 Å². The monoisotopic (exact) mass is 266 g/mol. The van der Waals surface area contributed by atoms with Crippen LogP contribution in [0.5, 0.6) is 0 Å². The van der Waals surface area contributed by atoms with E-state index in [9.17, 15) is 0 Å². The van der Waals surface area contributed by atoms with E-state index in [4.69, 9.17) is 0 Å². The average Bonchev–Trinajstić information content (AvgIpc) is 2.39. The summed E-state index contributed by atoms with van der Waals surface area (Å²) >= 11 is 0. The number of piperidine rings is 1. The van der Waals surface area contributed by atoms with Crippen LogP contribution >= 0.6 is 0 Å². The molecule has 0 spiro atoms. The van der Waals surface area contributed by atoms with Crippen LogP contribution in [-0.4, -0.2) is 37.6 Å². The van der Waals surface area contributed by atoms with Crippen molar-refractivity contribution in [1.29, 1.82) is 0 Å². The Balaban J connectivity index is 1.81. The summed E-state index contributed by atoms with van der Waals surface area (Å²) < 4.78 is 0. The highest BCUT2D eigenvalue weighted by molar-refractivity contribution is 4.87. The molecule has 19 heavy (non-hydrogen) atoms. The Morgan fingerprint density at radius 1 is 1.05 bits per heavy atom. The van der Waals surface area contributed by atoms with Crippen LogP contribution in [0, 0.1) is 17.3 Å². The molecule has 1 heterocycles. The van der Waals surface area contributed by atoms with Gasteiger partial charge in [0.25, 0.3) is 0 Å². The Morgan fingerprint density at radius 2 is 1.74 bits per heavy atom. The van der Waals surface area contributed by atoms with Gasteiger partial charge in [-0.15, -0.1) is 0 Å². The van der Waals surface area contributed by atoms with Crippen LogP contribution in [0.3, 0.4) is 0 Å². The molecule has 0 amide bonds. The first-order chi connectivity index (χ1) is 9.00. The molecule has 0 aromatic heterocycles. The molecule has 2 fully saturated rings. The summed E-state index contributed by atoms with van der Waals surface area (Å²) in [5.41, 5.74) is 0.515. The van der Waals surface area contributed by atoms with Crippen molar-refractivity contribution in [3.63, 3.8) is 0 Å². The largest absolute Gasteiger partial charge is 0.319 e. The number of nitrogens with one attached hydrogen (secondary N) is 1. The zero-order valence-corrected chi connectivity index (χ0v) is 13.5. The first-order valence-electron chi connectivity index (χ1n) is 8.39. The fourth-order valence-corrected chi connectivity index (χ4v) is 4.19. The van der Waals surface area contributed by atoms with E-state index >= 15 is 0 Å². The molecule has 0 bridgehead atoms. The minimum absolute atomic E-state index is 0.515. The summed E-state index contributed by atoms with van der Waals surface area (Å²) in [5, 5.41) is 3.36. The minimum Gasteiger partial charge on any atom is -0.319 e. The zero-order valence-electron chi connectivity index (χ0n) is 13.5. The lowest BCUT2D eigenvalue weighted by molar-refractivity contribution is 0.0651. The zero-order chi connectivity index (χ0) is 13.9. The lowest BCUT2D eigenvalue weighted by atomic mass is 9.71. The Morgan fingerprint density at radius 3 is 2.32 bits per heavy atom. The molecule has 2 nitrogen and oxygen atoms in total. The number of hydrogen-bond donors (Lipinski definition) is 1. The summed E-state index contributed by atoms with van der Waals surface area (Å²) in [5.74, 6) is 1.83. The van der Waals surface area contributed by atoms with Crippen LogP contribution in [0.15, 0.2) is 0 Å². The molecular formula is C17H34N2. The molecule has 1 aliphatic carbocycles. The second-order valence-corrected chi connectivity index (χ2v) is 7.93. The van der Waals surface area contributed by atoms with Gasteiger partial charge in [-0.3, -0.25) is 0 Å². The molecule has 1 unspecified atom stereocenters. The smallest absolute Gasteiger partial charge is 0.00955 e. The van der Waals surface area contributed by atoms with E-state index in [2.05, 4.69) is 38.0 Å². The molecule has 0 aromatic rings. The van der Waals surface area contributed by atoms with Crippen LogP contribution in [0.25, 0.3) is 0 Å². The van der Waals surface area contributed by atoms with E-state index in [0.29, 0.717) is 5.41 Å². The fraction of sp³-hybridized carbons (Fsp3) is 1.00. The van der Waals surface area contributed by atoms with Crippen molar-refractivity contribution in [3.05, 3.63) is 0 Å². The maximum Gasteiger partial charge on any atom is 0.00955 e. The number of rotatable bonds is 3. The minimum atomic E-state index is 0.515. The fourth-order valence-electron chi connectivity index (χ4n) is 4.19. The summed E-state index contributed by atoms with van der Waals surface area (Å²) in [6.45, 7) is 11.1. The van der Waals surface area contributed by atoms with E-state index in [-0.39, 0.29) is 0 Å². The van der Waals surface area contributed by atoms with E-state index in [1.165, 1.54) is 58.2 Å². The van der Waals surface area contributed by atoms with Crippen molar-refractivity contribution in [1.82, 2.24) is 10.2 Å². The van der Waals surface area contributed by atoms with Crippen molar-refractivity contribution in [2.45, 2.75) is 65.3 Å². The predicted molar refractivity (Wildman–Crippen MR) is 83.4 cm³/mol. The molecule has 1 N–H and O–H groups in total. The summed E-state index contributed by atoms with van der Waals surface area (Å²) in [4.78, 5) is 2.81. The maximum absolute atomic E-state index is 3.36. The van der Waals surface area contributed by atoms with Gasteiger partial charge in [0.2, 0.25) is 0 Å². The number of likely N-dealkylation sites (tertiary alicyclic amines) is 1. The lowest BCUT2D eigenvalue weighted by Gasteiger charge is -2.44. The van der Waals surface area contributed by atoms with Crippen molar-refractivity contribution < 1.29 is 0 Å². The van der Waals surface area contributed by atoms with Crippen molar-refractivity contribution in [2.24, 2.45) is 17.3 Å². The third-order valence-electron chi connectivity index (χ3n) is 5.48. The Labute approximate surface area is 120 Å². The van der Waals surface area contributed by atoms with E-state index < -0.39 is 0 Å². The average molecular weight is 266 g/mol. The SMILES string of the molecule is CNCC1CCCN(C2CCC(C(C)(C)C)CC2)C1. The second kappa shape index (κ2) is 6.58. The molecule has 0 radical (unpaired) electrons. The Hall–Kier alpha value is -0.0800. The van der Waals surface area contributed by atoms with Gasteiger partial charge in [0, 0.05) is 12.6 Å². The highest BCUT2D eigenvalue weighted by Crippen LogP contribution is 2.39. The predicted octanol–water partition coefficient (Wildman–Crippen LogP) is 3.52. The van der Waals surface area contributed by atoms with Crippen molar-refractivity contribution in [3.8, 4) is 0 Å². The van der Waals surface area contributed by atoms with Crippen LogP contribution < -0.4 is 5.32 Å². The van der Waals surface area contributed by atoms with Gasteiger partial charge in [-0.05, 0) is 75.9 Å². The van der Waals surface area contributed by atoms with Gasteiger partial charge in [0.15, 0.2) is 0 Å². The normalized spacial score (nSPS) is 34.4. The van der Waals surface area contributed by atoms with Gasteiger partial charge >= 0.3 is 0 Å². The molecule has 1 saturated heterocycles. The molecule has 1 aliphatic heterocycles. The Bertz CT molecular complexity index is 259. The molecule has 2 heteroatoms. The van der Waals surface area contributed by atoms with Crippen molar-refractivity contribution >= 4 is 0 Å². The van der Waals surface area contributed by atoms with E-state index in [1.807, 2.05) is 0 Å². The molecule has 2 rings (SSSR count). The topological polar surface area (TPSA) is 15.3 Å². The van der Waals surface area contributed by atoms with Gasteiger partial charge in [-0.1, -0.05) is 20.8 Å². The first kappa shape index (κ1) is 15.3. The van der Waals surface area contributed by atoms with Gasteiger partial charge in [-0.2, -0.15) is 0 Å². The third kappa shape index (κ3) is 4.19. The maximum atomic E-state index is 3.36. The molecular weight excluding hydrogens is 232 g/mol. The van der Waals surface area contributed by atoms with Crippen LogP contribution in [0.1, 0.15) is 59.3 Å². The summed E-state index contributed by atoms with van der Waals surface area (Å²) in [7, 11) is 2.09. The molecule has 1 atom stereocenters. The Kier molecular flexibility index (Phi) is 5.30. The molecule has 0 aromatic carbocycles. The summed E-state index contributed by atoms with van der Waals surface area (Å²) in [6, 6.07) is 0.887. The van der Waals surface area contributed by atoms with Gasteiger partial charge in [0.1, 0.15) is 0 Å². The summed E-state index contributed by atoms with van der Waals surface area (Å²) in [6.07, 6.45) is 8.60. The van der Waals surface area contributed by atoms with Gasteiger partial charge in [-0.25, -0.2) is 0 Å². The van der Waals surface area contributed by atoms with Gasteiger partial charge < -0.3 is 10.2 Å². The lowest BCUT2D eigenvalue weighted by Crippen LogP contribution is -2.46. The highest BCUT2D eigenvalue weighted by atomic mass is 15.2. The van der Waals surface area contributed by atoms with Crippen molar-refractivity contribution in [2.75, 3.05) is 26.7 Å². The number of hydrogen-bond acceptors (Lipinski definition) is 2. The first-order valence-corrected chi connectivity index (χ1v) is 8.39. The standard InChI is InChI=1S/C17H34N2/c1-17(2,3)15-7-9-16(10-8-15)19-11-5-6-14(13-19)12-18-4/h14-16,18H,5-13H2,1-4H3. The second-order valence-electron chi connectivity index (χ2n) is 7.93.